The van der Waals surface area contributed by atoms with Crippen LogP contribution in [0, 0.1) is 5.82 Å². The SMILES string of the molecule is CC(C)OCc1cc2cc(F)ccc2[nH]1. The third-order valence-electron chi connectivity index (χ3n) is 2.21. The maximum absolute atomic E-state index is 12.9. The lowest BCUT2D eigenvalue weighted by molar-refractivity contribution is 0.0639. The zero-order valence-corrected chi connectivity index (χ0v) is 8.88. The second-order valence-corrected chi connectivity index (χ2v) is 3.89. The number of hydrogen-bond donors (Lipinski definition) is 1. The van der Waals surface area contributed by atoms with Crippen LogP contribution in [-0.2, 0) is 11.3 Å². The van der Waals surface area contributed by atoms with Gasteiger partial charge in [0.05, 0.1) is 12.7 Å². The van der Waals surface area contributed by atoms with Crippen molar-refractivity contribution in [3.05, 3.63) is 35.8 Å². The van der Waals surface area contributed by atoms with Crippen molar-refractivity contribution < 1.29 is 9.13 Å². The van der Waals surface area contributed by atoms with Gasteiger partial charge in [-0.15, -0.1) is 0 Å². The Hall–Kier alpha value is -1.35. The number of ether oxygens (including phenoxy) is 1. The van der Waals surface area contributed by atoms with E-state index in [1.54, 1.807) is 6.07 Å². The molecule has 1 N–H and O–H groups in total. The van der Waals surface area contributed by atoms with Gasteiger partial charge in [-0.1, -0.05) is 0 Å². The van der Waals surface area contributed by atoms with Crippen LogP contribution in [0.4, 0.5) is 4.39 Å². The second kappa shape index (κ2) is 4.03. The van der Waals surface area contributed by atoms with Gasteiger partial charge < -0.3 is 9.72 Å². The highest BCUT2D eigenvalue weighted by molar-refractivity contribution is 5.80. The highest BCUT2D eigenvalue weighted by atomic mass is 19.1. The van der Waals surface area contributed by atoms with Crippen LogP contribution in [0.15, 0.2) is 24.3 Å². The molecule has 1 aromatic heterocycles. The van der Waals surface area contributed by atoms with Gasteiger partial charge in [0.2, 0.25) is 0 Å². The topological polar surface area (TPSA) is 25.0 Å². The summed E-state index contributed by atoms with van der Waals surface area (Å²) >= 11 is 0. The minimum atomic E-state index is -0.210. The van der Waals surface area contributed by atoms with Gasteiger partial charge in [-0.3, -0.25) is 0 Å². The Morgan fingerprint density at radius 1 is 1.33 bits per heavy atom. The summed E-state index contributed by atoms with van der Waals surface area (Å²) < 4.78 is 18.4. The molecule has 0 unspecified atom stereocenters. The summed E-state index contributed by atoms with van der Waals surface area (Å²) in [6, 6.07) is 6.63. The van der Waals surface area contributed by atoms with Crippen molar-refractivity contribution in [3.8, 4) is 0 Å². The smallest absolute Gasteiger partial charge is 0.123 e. The van der Waals surface area contributed by atoms with Crippen LogP contribution < -0.4 is 0 Å². The summed E-state index contributed by atoms with van der Waals surface area (Å²) in [6.07, 6.45) is 0.202. The zero-order chi connectivity index (χ0) is 10.8. The number of aromatic nitrogens is 1. The van der Waals surface area contributed by atoms with Crippen molar-refractivity contribution in [2.75, 3.05) is 0 Å². The molecule has 0 amide bonds. The van der Waals surface area contributed by atoms with Crippen molar-refractivity contribution in [2.24, 2.45) is 0 Å². The highest BCUT2D eigenvalue weighted by Gasteiger charge is 2.02. The molecule has 0 saturated heterocycles. The first-order chi connectivity index (χ1) is 7.15. The van der Waals surface area contributed by atoms with Gasteiger partial charge in [0.15, 0.2) is 0 Å². The number of nitrogens with one attached hydrogen (secondary N) is 1. The van der Waals surface area contributed by atoms with Gasteiger partial charge in [0, 0.05) is 16.6 Å². The minimum Gasteiger partial charge on any atom is -0.373 e. The first kappa shape index (κ1) is 10.2. The number of fused-ring (bicyclic) bond motifs is 1. The summed E-state index contributed by atoms with van der Waals surface area (Å²) in [6.45, 7) is 4.51. The molecule has 0 spiro atoms. The van der Waals surface area contributed by atoms with E-state index in [9.17, 15) is 4.39 Å². The second-order valence-electron chi connectivity index (χ2n) is 3.89. The van der Waals surface area contributed by atoms with Crippen LogP contribution in [0.2, 0.25) is 0 Å². The molecular weight excluding hydrogens is 193 g/mol. The predicted octanol–water partition coefficient (Wildman–Crippen LogP) is 3.23. The molecule has 1 heterocycles. The van der Waals surface area contributed by atoms with Gasteiger partial charge >= 0.3 is 0 Å². The summed E-state index contributed by atoms with van der Waals surface area (Å²) in [5, 5.41) is 0.886. The summed E-state index contributed by atoms with van der Waals surface area (Å²) in [4.78, 5) is 3.19. The molecule has 3 heteroatoms. The quantitative estimate of drug-likeness (QED) is 0.821. The molecule has 0 aliphatic heterocycles. The fourth-order valence-electron chi connectivity index (χ4n) is 1.50. The summed E-state index contributed by atoms with van der Waals surface area (Å²) in [5.41, 5.74) is 1.92. The van der Waals surface area contributed by atoms with Crippen molar-refractivity contribution >= 4 is 10.9 Å². The van der Waals surface area contributed by atoms with Crippen LogP contribution in [0.5, 0.6) is 0 Å². The van der Waals surface area contributed by atoms with Gasteiger partial charge in [-0.05, 0) is 38.1 Å². The number of H-pyrrole nitrogens is 1. The van der Waals surface area contributed by atoms with Crippen LogP contribution >= 0.6 is 0 Å². The monoisotopic (exact) mass is 207 g/mol. The third-order valence-corrected chi connectivity index (χ3v) is 2.21. The maximum atomic E-state index is 12.9. The normalized spacial score (nSPS) is 11.5. The van der Waals surface area contributed by atoms with E-state index in [0.717, 1.165) is 16.6 Å². The fraction of sp³-hybridized carbons (Fsp3) is 0.333. The number of halogens is 1. The molecule has 0 bridgehead atoms. The van der Waals surface area contributed by atoms with E-state index in [1.807, 2.05) is 19.9 Å². The molecule has 0 atom stereocenters. The number of rotatable bonds is 3. The van der Waals surface area contributed by atoms with Crippen molar-refractivity contribution in [2.45, 2.75) is 26.6 Å². The molecule has 0 radical (unpaired) electrons. The Bertz CT molecular complexity index is 462. The lowest BCUT2D eigenvalue weighted by Crippen LogP contribution is -2.02. The van der Waals surface area contributed by atoms with E-state index in [-0.39, 0.29) is 11.9 Å². The molecule has 0 aliphatic rings. The minimum absolute atomic E-state index is 0.202. The molecule has 2 aromatic rings. The lowest BCUT2D eigenvalue weighted by atomic mass is 10.2. The van der Waals surface area contributed by atoms with E-state index in [2.05, 4.69) is 4.98 Å². The van der Waals surface area contributed by atoms with Crippen molar-refractivity contribution in [1.29, 1.82) is 0 Å². The lowest BCUT2D eigenvalue weighted by Gasteiger charge is -2.04. The third kappa shape index (κ3) is 2.36. The first-order valence-electron chi connectivity index (χ1n) is 5.04. The molecular formula is C12H14FNO. The number of benzene rings is 1. The fourth-order valence-corrected chi connectivity index (χ4v) is 1.50. The van der Waals surface area contributed by atoms with Gasteiger partial charge in [0.25, 0.3) is 0 Å². The molecule has 2 rings (SSSR count). The number of hydrogen-bond acceptors (Lipinski definition) is 1. The molecule has 1 aromatic carbocycles. The van der Waals surface area contributed by atoms with E-state index >= 15 is 0 Å². The predicted molar refractivity (Wildman–Crippen MR) is 58.2 cm³/mol. The molecule has 2 nitrogen and oxygen atoms in total. The summed E-state index contributed by atoms with van der Waals surface area (Å²) in [7, 11) is 0. The molecule has 0 fully saturated rings. The Kier molecular flexibility index (Phi) is 2.73. The standard InChI is InChI=1S/C12H14FNO/c1-8(2)15-7-11-6-9-5-10(13)3-4-12(9)14-11/h3-6,8,14H,7H2,1-2H3. The van der Waals surface area contributed by atoms with Gasteiger partial charge in [0.1, 0.15) is 5.82 Å². The largest absolute Gasteiger partial charge is 0.373 e. The van der Waals surface area contributed by atoms with Crippen LogP contribution in [0.3, 0.4) is 0 Å². The van der Waals surface area contributed by atoms with Gasteiger partial charge in [-0.2, -0.15) is 0 Å². The molecule has 15 heavy (non-hydrogen) atoms. The Labute approximate surface area is 88.1 Å². The van der Waals surface area contributed by atoms with Crippen molar-refractivity contribution in [1.82, 2.24) is 4.98 Å². The van der Waals surface area contributed by atoms with E-state index in [0.29, 0.717) is 6.61 Å². The maximum Gasteiger partial charge on any atom is 0.123 e. The molecule has 80 valence electrons. The number of aromatic amines is 1. The highest BCUT2D eigenvalue weighted by Crippen LogP contribution is 2.17. The van der Waals surface area contributed by atoms with Crippen molar-refractivity contribution in [3.63, 3.8) is 0 Å². The van der Waals surface area contributed by atoms with Crippen LogP contribution in [-0.4, -0.2) is 11.1 Å². The summed E-state index contributed by atoms with van der Waals surface area (Å²) in [5.74, 6) is -0.210. The van der Waals surface area contributed by atoms with E-state index in [1.165, 1.54) is 12.1 Å². The average Bonchev–Trinajstić information content (AvgIpc) is 2.56. The Morgan fingerprint density at radius 3 is 2.87 bits per heavy atom. The molecule has 0 saturated carbocycles. The Balaban J connectivity index is 2.23. The Morgan fingerprint density at radius 2 is 2.13 bits per heavy atom. The first-order valence-corrected chi connectivity index (χ1v) is 5.04. The van der Waals surface area contributed by atoms with E-state index < -0.39 is 0 Å². The van der Waals surface area contributed by atoms with Crippen LogP contribution in [0.1, 0.15) is 19.5 Å². The average molecular weight is 207 g/mol. The van der Waals surface area contributed by atoms with Crippen LogP contribution in [0.25, 0.3) is 10.9 Å². The molecule has 0 aliphatic carbocycles. The van der Waals surface area contributed by atoms with E-state index in [4.69, 9.17) is 4.74 Å². The van der Waals surface area contributed by atoms with Gasteiger partial charge in [-0.25, -0.2) is 4.39 Å². The zero-order valence-electron chi connectivity index (χ0n) is 8.88.